The number of hydrogen-bond acceptors (Lipinski definition) is 4. The fourth-order valence-corrected chi connectivity index (χ4v) is 4.46. The van der Waals surface area contributed by atoms with E-state index < -0.39 is 10.0 Å². The molecule has 146 valence electrons. The Kier molecular flexibility index (Phi) is 6.98. The molecule has 0 aliphatic heterocycles. The van der Waals surface area contributed by atoms with Crippen LogP contribution in [0.4, 0.5) is 0 Å². The third-order valence-corrected chi connectivity index (χ3v) is 5.90. The summed E-state index contributed by atoms with van der Waals surface area (Å²) in [4.78, 5) is 12.2. The van der Waals surface area contributed by atoms with Gasteiger partial charge in [-0.05, 0) is 56.0 Å². The maximum Gasteiger partial charge on any atom is 0.241 e. The monoisotopic (exact) mass is 390 g/mol. The number of sulfonamides is 1. The minimum atomic E-state index is -3.74. The van der Waals surface area contributed by atoms with E-state index in [1.165, 1.54) is 0 Å². The SMILES string of the molecule is COc1ccc(CCNC(=O)CNS(=O)(=O)c2c(C)cc(C)cc2C)cc1. The first-order chi connectivity index (χ1) is 12.7. The molecule has 2 rings (SSSR count). The summed E-state index contributed by atoms with van der Waals surface area (Å²) in [6.07, 6.45) is 0.651. The first-order valence-electron chi connectivity index (χ1n) is 8.70. The van der Waals surface area contributed by atoms with E-state index in [4.69, 9.17) is 4.74 Å². The van der Waals surface area contributed by atoms with Gasteiger partial charge in [0.25, 0.3) is 0 Å². The van der Waals surface area contributed by atoms with Gasteiger partial charge in [0.1, 0.15) is 5.75 Å². The van der Waals surface area contributed by atoms with Gasteiger partial charge in [-0.1, -0.05) is 29.8 Å². The summed E-state index contributed by atoms with van der Waals surface area (Å²) in [7, 11) is -2.14. The average Bonchev–Trinajstić information content (AvgIpc) is 2.59. The number of ether oxygens (including phenoxy) is 1. The number of aryl methyl sites for hydroxylation is 3. The molecule has 0 unspecified atom stereocenters. The Hall–Kier alpha value is -2.38. The molecule has 0 aliphatic rings. The van der Waals surface area contributed by atoms with Crippen molar-refractivity contribution in [3.63, 3.8) is 0 Å². The summed E-state index contributed by atoms with van der Waals surface area (Å²) in [5.74, 6) is 0.411. The highest BCUT2D eigenvalue weighted by Gasteiger charge is 2.20. The Balaban J connectivity index is 1.87. The van der Waals surface area contributed by atoms with Crippen molar-refractivity contribution in [2.24, 2.45) is 0 Å². The lowest BCUT2D eigenvalue weighted by atomic mass is 10.1. The van der Waals surface area contributed by atoms with Gasteiger partial charge >= 0.3 is 0 Å². The summed E-state index contributed by atoms with van der Waals surface area (Å²) in [5.41, 5.74) is 3.39. The molecule has 1 amide bonds. The maximum atomic E-state index is 12.5. The van der Waals surface area contributed by atoms with Gasteiger partial charge in [-0.2, -0.15) is 0 Å². The molecule has 0 heterocycles. The standard InChI is InChI=1S/C20H26N2O4S/c1-14-11-15(2)20(16(3)12-14)27(24,25)22-13-19(23)21-10-9-17-5-7-18(26-4)8-6-17/h5-8,11-12,22H,9-10,13H2,1-4H3,(H,21,23). The first-order valence-corrected chi connectivity index (χ1v) is 10.2. The minimum Gasteiger partial charge on any atom is -0.497 e. The summed E-state index contributed by atoms with van der Waals surface area (Å²) >= 11 is 0. The molecular formula is C20H26N2O4S. The first kappa shape index (κ1) is 20.9. The Morgan fingerprint density at radius 3 is 2.19 bits per heavy atom. The van der Waals surface area contributed by atoms with Crippen LogP contribution in [-0.2, 0) is 21.2 Å². The van der Waals surface area contributed by atoms with Crippen molar-refractivity contribution in [3.8, 4) is 5.75 Å². The molecule has 27 heavy (non-hydrogen) atoms. The van der Waals surface area contributed by atoms with E-state index >= 15 is 0 Å². The van der Waals surface area contributed by atoms with Crippen molar-refractivity contribution in [1.82, 2.24) is 10.0 Å². The minimum absolute atomic E-state index is 0.235. The molecule has 2 N–H and O–H groups in total. The molecule has 0 aliphatic carbocycles. The second-order valence-corrected chi connectivity index (χ2v) is 8.20. The second kappa shape index (κ2) is 9.01. The fraction of sp³-hybridized carbons (Fsp3) is 0.350. The van der Waals surface area contributed by atoms with Gasteiger partial charge < -0.3 is 10.1 Å². The predicted molar refractivity (Wildman–Crippen MR) is 106 cm³/mol. The predicted octanol–water partition coefficient (Wildman–Crippen LogP) is 2.26. The number of carbonyl (C=O) groups is 1. The Labute approximate surface area is 161 Å². The number of hydrogen-bond donors (Lipinski definition) is 2. The highest BCUT2D eigenvalue weighted by Crippen LogP contribution is 2.21. The molecular weight excluding hydrogens is 364 g/mol. The van der Waals surface area contributed by atoms with E-state index in [9.17, 15) is 13.2 Å². The van der Waals surface area contributed by atoms with Crippen LogP contribution < -0.4 is 14.8 Å². The fourth-order valence-electron chi connectivity index (χ4n) is 3.02. The maximum absolute atomic E-state index is 12.5. The van der Waals surface area contributed by atoms with Gasteiger partial charge in [0.15, 0.2) is 0 Å². The molecule has 0 fully saturated rings. The van der Waals surface area contributed by atoms with Gasteiger partial charge in [-0.3, -0.25) is 4.79 Å². The number of carbonyl (C=O) groups excluding carboxylic acids is 1. The van der Waals surface area contributed by atoms with Crippen molar-refractivity contribution < 1.29 is 17.9 Å². The van der Waals surface area contributed by atoms with Crippen LogP contribution in [0.15, 0.2) is 41.3 Å². The Morgan fingerprint density at radius 2 is 1.63 bits per heavy atom. The number of amides is 1. The molecule has 0 bridgehead atoms. The van der Waals surface area contributed by atoms with Crippen molar-refractivity contribution >= 4 is 15.9 Å². The van der Waals surface area contributed by atoms with Crippen LogP contribution in [0.2, 0.25) is 0 Å². The number of benzene rings is 2. The van der Waals surface area contributed by atoms with E-state index in [-0.39, 0.29) is 17.3 Å². The van der Waals surface area contributed by atoms with Crippen LogP contribution in [0, 0.1) is 20.8 Å². The number of nitrogens with one attached hydrogen (secondary N) is 2. The molecule has 0 spiro atoms. The van der Waals surface area contributed by atoms with Crippen molar-refractivity contribution in [3.05, 3.63) is 58.7 Å². The largest absolute Gasteiger partial charge is 0.497 e. The van der Waals surface area contributed by atoms with E-state index in [1.54, 1.807) is 21.0 Å². The zero-order valence-electron chi connectivity index (χ0n) is 16.1. The molecule has 0 saturated heterocycles. The molecule has 0 saturated carbocycles. The quantitative estimate of drug-likeness (QED) is 0.724. The second-order valence-electron chi connectivity index (χ2n) is 6.50. The van der Waals surface area contributed by atoms with Crippen molar-refractivity contribution in [2.75, 3.05) is 20.2 Å². The van der Waals surface area contributed by atoms with Crippen LogP contribution in [0.3, 0.4) is 0 Å². The Bertz CT molecular complexity index is 883. The molecule has 0 radical (unpaired) electrons. The van der Waals surface area contributed by atoms with Crippen LogP contribution in [0.25, 0.3) is 0 Å². The normalized spacial score (nSPS) is 11.3. The number of methoxy groups -OCH3 is 1. The summed E-state index contributed by atoms with van der Waals surface area (Å²) in [6.45, 7) is 5.56. The van der Waals surface area contributed by atoms with Crippen LogP contribution in [-0.4, -0.2) is 34.5 Å². The van der Waals surface area contributed by atoms with E-state index in [0.717, 1.165) is 16.9 Å². The highest BCUT2D eigenvalue weighted by atomic mass is 32.2. The molecule has 2 aromatic carbocycles. The van der Waals surface area contributed by atoms with Crippen molar-refractivity contribution in [1.29, 1.82) is 0 Å². The van der Waals surface area contributed by atoms with E-state index in [1.807, 2.05) is 43.3 Å². The van der Waals surface area contributed by atoms with E-state index in [2.05, 4.69) is 10.0 Å². The van der Waals surface area contributed by atoms with Gasteiger partial charge in [-0.15, -0.1) is 0 Å². The van der Waals surface area contributed by atoms with Gasteiger partial charge in [0, 0.05) is 6.54 Å². The summed E-state index contributed by atoms with van der Waals surface area (Å²) < 4.78 is 32.6. The molecule has 7 heteroatoms. The third kappa shape index (κ3) is 5.80. The van der Waals surface area contributed by atoms with Crippen molar-refractivity contribution in [2.45, 2.75) is 32.1 Å². The Morgan fingerprint density at radius 1 is 1.04 bits per heavy atom. The van der Waals surface area contributed by atoms with Gasteiger partial charge in [-0.25, -0.2) is 13.1 Å². The molecule has 0 aromatic heterocycles. The van der Waals surface area contributed by atoms with Crippen LogP contribution >= 0.6 is 0 Å². The van der Waals surface area contributed by atoms with Gasteiger partial charge in [0.05, 0.1) is 18.6 Å². The van der Waals surface area contributed by atoms with Crippen LogP contribution in [0.1, 0.15) is 22.3 Å². The molecule has 0 atom stereocenters. The zero-order chi connectivity index (χ0) is 20.0. The average molecular weight is 391 g/mol. The topological polar surface area (TPSA) is 84.5 Å². The molecule has 6 nitrogen and oxygen atoms in total. The number of rotatable bonds is 8. The molecule has 2 aromatic rings. The van der Waals surface area contributed by atoms with Crippen LogP contribution in [0.5, 0.6) is 5.75 Å². The lowest BCUT2D eigenvalue weighted by Gasteiger charge is -2.13. The zero-order valence-corrected chi connectivity index (χ0v) is 16.9. The van der Waals surface area contributed by atoms with Gasteiger partial charge in [0.2, 0.25) is 15.9 Å². The van der Waals surface area contributed by atoms with E-state index in [0.29, 0.717) is 24.1 Å². The lowest BCUT2D eigenvalue weighted by molar-refractivity contribution is -0.119. The summed E-state index contributed by atoms with van der Waals surface area (Å²) in [5, 5.41) is 2.73. The summed E-state index contributed by atoms with van der Waals surface area (Å²) in [6, 6.07) is 11.2. The lowest BCUT2D eigenvalue weighted by Crippen LogP contribution is -2.38. The smallest absolute Gasteiger partial charge is 0.241 e. The highest BCUT2D eigenvalue weighted by molar-refractivity contribution is 7.89. The third-order valence-electron chi connectivity index (χ3n) is 4.19.